The summed E-state index contributed by atoms with van der Waals surface area (Å²) in [4.78, 5) is 31.5. The van der Waals surface area contributed by atoms with Gasteiger partial charge in [0.25, 0.3) is 5.78 Å². The van der Waals surface area contributed by atoms with Crippen molar-refractivity contribution < 1.29 is 14.7 Å². The monoisotopic (exact) mass is 390 g/mol. The van der Waals surface area contributed by atoms with E-state index in [9.17, 15) is 14.7 Å². The van der Waals surface area contributed by atoms with Crippen molar-refractivity contribution in [1.29, 1.82) is 0 Å². The zero-order chi connectivity index (χ0) is 19.8. The van der Waals surface area contributed by atoms with E-state index < -0.39 is 17.7 Å². The van der Waals surface area contributed by atoms with Crippen LogP contribution in [-0.2, 0) is 9.59 Å². The number of thiazole rings is 1. The molecule has 2 aromatic carbocycles. The van der Waals surface area contributed by atoms with Crippen molar-refractivity contribution in [3.8, 4) is 0 Å². The lowest BCUT2D eigenvalue weighted by Gasteiger charge is -2.23. The summed E-state index contributed by atoms with van der Waals surface area (Å²) in [5.74, 6) is -1.55. The molecule has 0 radical (unpaired) electrons. The van der Waals surface area contributed by atoms with Crippen LogP contribution >= 0.6 is 11.3 Å². The Balaban J connectivity index is 1.97. The topological polar surface area (TPSA) is 70.5 Å². The SMILES string of the molecule is Cc1ccc(C)c(C(O)=C2C(=O)C(=O)N(c3nccs3)C2c2ccccc2)c1. The lowest BCUT2D eigenvalue weighted by atomic mass is 9.93. The molecule has 1 unspecified atom stereocenters. The van der Waals surface area contributed by atoms with Crippen LogP contribution in [0.5, 0.6) is 0 Å². The van der Waals surface area contributed by atoms with Crippen LogP contribution in [0.15, 0.2) is 65.7 Å². The van der Waals surface area contributed by atoms with Gasteiger partial charge in [-0.05, 0) is 31.0 Å². The Bertz CT molecular complexity index is 1090. The number of aliphatic hydroxyl groups excluding tert-OH is 1. The number of ketones is 1. The van der Waals surface area contributed by atoms with Crippen LogP contribution in [0.4, 0.5) is 5.13 Å². The Morgan fingerprint density at radius 2 is 1.86 bits per heavy atom. The van der Waals surface area contributed by atoms with E-state index in [4.69, 9.17) is 0 Å². The van der Waals surface area contributed by atoms with E-state index >= 15 is 0 Å². The summed E-state index contributed by atoms with van der Waals surface area (Å²) in [7, 11) is 0. The number of benzene rings is 2. The average molecular weight is 390 g/mol. The van der Waals surface area contributed by atoms with Gasteiger partial charge in [0.2, 0.25) is 0 Å². The summed E-state index contributed by atoms with van der Waals surface area (Å²) in [6.07, 6.45) is 1.59. The fraction of sp³-hybridized carbons (Fsp3) is 0.136. The predicted molar refractivity (Wildman–Crippen MR) is 109 cm³/mol. The van der Waals surface area contributed by atoms with Gasteiger partial charge in [0.15, 0.2) is 5.13 Å². The quantitative estimate of drug-likeness (QED) is 0.409. The molecule has 0 saturated carbocycles. The molecule has 1 atom stereocenters. The minimum absolute atomic E-state index is 0.0834. The van der Waals surface area contributed by atoms with Crippen molar-refractivity contribution in [2.45, 2.75) is 19.9 Å². The molecule has 0 bridgehead atoms. The van der Waals surface area contributed by atoms with Gasteiger partial charge in [-0.1, -0.05) is 48.0 Å². The number of aromatic nitrogens is 1. The molecule has 0 aliphatic carbocycles. The van der Waals surface area contributed by atoms with Gasteiger partial charge >= 0.3 is 5.91 Å². The number of anilines is 1. The van der Waals surface area contributed by atoms with Gasteiger partial charge in [-0.3, -0.25) is 14.5 Å². The second kappa shape index (κ2) is 7.05. The van der Waals surface area contributed by atoms with Crippen LogP contribution in [-0.4, -0.2) is 21.8 Å². The van der Waals surface area contributed by atoms with Crippen molar-refractivity contribution in [2.75, 3.05) is 4.90 Å². The van der Waals surface area contributed by atoms with Crippen LogP contribution < -0.4 is 4.90 Å². The third-order valence-corrected chi connectivity index (χ3v) is 5.60. The number of carbonyl (C=O) groups excluding carboxylic acids is 2. The van der Waals surface area contributed by atoms with Gasteiger partial charge < -0.3 is 5.11 Å². The van der Waals surface area contributed by atoms with E-state index in [2.05, 4.69) is 4.98 Å². The van der Waals surface area contributed by atoms with Crippen LogP contribution in [0.3, 0.4) is 0 Å². The molecule has 2 heterocycles. The molecule has 1 saturated heterocycles. The molecule has 0 spiro atoms. The third kappa shape index (κ3) is 2.92. The smallest absolute Gasteiger partial charge is 0.301 e. The lowest BCUT2D eigenvalue weighted by Crippen LogP contribution is -2.29. The Labute approximate surface area is 166 Å². The summed E-state index contributed by atoms with van der Waals surface area (Å²) in [6.45, 7) is 3.78. The summed E-state index contributed by atoms with van der Waals surface area (Å²) >= 11 is 1.28. The van der Waals surface area contributed by atoms with Crippen molar-refractivity contribution in [1.82, 2.24) is 4.98 Å². The number of hydrogen-bond donors (Lipinski definition) is 1. The Hall–Kier alpha value is -3.25. The average Bonchev–Trinajstić information content (AvgIpc) is 3.31. The molecule has 140 valence electrons. The van der Waals surface area contributed by atoms with Crippen molar-refractivity contribution in [2.24, 2.45) is 0 Å². The van der Waals surface area contributed by atoms with Gasteiger partial charge in [0.05, 0.1) is 11.6 Å². The number of aryl methyl sites for hydroxylation is 2. The second-order valence-electron chi connectivity index (χ2n) is 6.71. The van der Waals surface area contributed by atoms with Crippen molar-refractivity contribution >= 4 is 33.9 Å². The Morgan fingerprint density at radius 3 is 2.54 bits per heavy atom. The molecule has 1 N–H and O–H groups in total. The van der Waals surface area contributed by atoms with Crippen LogP contribution in [0.1, 0.15) is 28.3 Å². The summed E-state index contributed by atoms with van der Waals surface area (Å²) < 4.78 is 0. The number of rotatable bonds is 3. The van der Waals surface area contributed by atoms with Gasteiger partial charge in [0, 0.05) is 17.1 Å². The van der Waals surface area contributed by atoms with Crippen LogP contribution in [0, 0.1) is 13.8 Å². The molecular formula is C22H18N2O3S. The zero-order valence-corrected chi connectivity index (χ0v) is 16.2. The van der Waals surface area contributed by atoms with E-state index in [0.717, 1.165) is 16.7 Å². The van der Waals surface area contributed by atoms with Crippen LogP contribution in [0.2, 0.25) is 0 Å². The van der Waals surface area contributed by atoms with Crippen molar-refractivity contribution in [3.63, 3.8) is 0 Å². The summed E-state index contributed by atoms with van der Waals surface area (Å²) in [6, 6.07) is 14.2. The lowest BCUT2D eigenvalue weighted by molar-refractivity contribution is -0.132. The van der Waals surface area contributed by atoms with Crippen molar-refractivity contribution in [3.05, 3.63) is 87.9 Å². The number of Topliss-reactive ketones (excluding diaryl/α,β-unsaturated/α-hetero) is 1. The first kappa shape index (κ1) is 18.1. The normalized spacial score (nSPS) is 18.6. The molecule has 1 aromatic heterocycles. The molecule has 1 fully saturated rings. The molecule has 6 heteroatoms. The maximum atomic E-state index is 13.0. The molecule has 3 aromatic rings. The van der Waals surface area contributed by atoms with Gasteiger partial charge in [-0.2, -0.15) is 0 Å². The first-order valence-corrected chi connectivity index (χ1v) is 9.70. The highest BCUT2D eigenvalue weighted by Crippen LogP contribution is 2.42. The minimum atomic E-state index is -0.729. The summed E-state index contributed by atoms with van der Waals surface area (Å²) in [5, 5.41) is 13.3. The molecule has 4 rings (SSSR count). The number of aliphatic hydroxyl groups is 1. The molecule has 1 aliphatic heterocycles. The standard InChI is InChI=1S/C22H18N2O3S/c1-13-8-9-14(2)16(12-13)19(25)17-18(15-6-4-3-5-7-15)24(21(27)20(17)26)22-23-10-11-28-22/h3-12,18,25H,1-2H3. The molecule has 1 aliphatic rings. The number of nitrogens with zero attached hydrogens (tertiary/aromatic N) is 2. The number of carbonyl (C=O) groups is 2. The van der Waals surface area contributed by atoms with Gasteiger partial charge in [-0.25, -0.2) is 4.98 Å². The molecule has 28 heavy (non-hydrogen) atoms. The van der Waals surface area contributed by atoms with E-state index in [1.807, 2.05) is 62.4 Å². The Kier molecular flexibility index (Phi) is 4.57. The van der Waals surface area contributed by atoms with E-state index in [1.54, 1.807) is 11.6 Å². The fourth-order valence-corrected chi connectivity index (χ4v) is 4.12. The highest BCUT2D eigenvalue weighted by molar-refractivity contribution is 7.14. The molecule has 1 amide bonds. The summed E-state index contributed by atoms with van der Waals surface area (Å²) in [5.41, 5.74) is 3.16. The zero-order valence-electron chi connectivity index (χ0n) is 15.4. The number of hydrogen-bond acceptors (Lipinski definition) is 5. The maximum absolute atomic E-state index is 13.0. The first-order chi connectivity index (χ1) is 13.5. The largest absolute Gasteiger partial charge is 0.507 e. The van der Waals surface area contributed by atoms with Gasteiger partial charge in [0.1, 0.15) is 5.76 Å². The number of amides is 1. The molecular weight excluding hydrogens is 372 g/mol. The van der Waals surface area contributed by atoms with Crippen LogP contribution in [0.25, 0.3) is 5.76 Å². The highest BCUT2D eigenvalue weighted by atomic mass is 32.1. The van der Waals surface area contributed by atoms with E-state index in [-0.39, 0.29) is 11.3 Å². The van der Waals surface area contributed by atoms with E-state index in [1.165, 1.54) is 16.2 Å². The fourth-order valence-electron chi connectivity index (χ4n) is 3.45. The second-order valence-corrected chi connectivity index (χ2v) is 7.59. The minimum Gasteiger partial charge on any atom is -0.507 e. The Morgan fingerprint density at radius 1 is 1.11 bits per heavy atom. The van der Waals surface area contributed by atoms with Gasteiger partial charge in [-0.15, -0.1) is 11.3 Å². The predicted octanol–water partition coefficient (Wildman–Crippen LogP) is 4.39. The maximum Gasteiger partial charge on any atom is 0.301 e. The molecule has 5 nitrogen and oxygen atoms in total. The van der Waals surface area contributed by atoms with E-state index in [0.29, 0.717) is 10.7 Å². The third-order valence-electron chi connectivity index (χ3n) is 4.83. The first-order valence-electron chi connectivity index (χ1n) is 8.82. The highest BCUT2D eigenvalue weighted by Gasteiger charge is 2.47.